The molecule has 1 heteroatoms. The van der Waals surface area contributed by atoms with Gasteiger partial charge in [-0.2, -0.15) is 0 Å². The van der Waals surface area contributed by atoms with Crippen LogP contribution in [0.15, 0.2) is 11.6 Å². The molecule has 0 radical (unpaired) electrons. The molecule has 0 aromatic heterocycles. The van der Waals surface area contributed by atoms with Crippen molar-refractivity contribution in [3.8, 4) is 0 Å². The van der Waals surface area contributed by atoms with E-state index in [4.69, 9.17) is 0 Å². The molecule has 0 fully saturated rings. The van der Waals surface area contributed by atoms with Crippen molar-refractivity contribution in [1.82, 2.24) is 0 Å². The third-order valence-electron chi connectivity index (χ3n) is 1.77. The summed E-state index contributed by atoms with van der Waals surface area (Å²) < 4.78 is 0. The number of rotatable bonds is 3. The molecular formula is C9H20Si. The number of hydrogen-bond acceptors (Lipinski definition) is 0. The van der Waals surface area contributed by atoms with Crippen LogP contribution in [0.25, 0.3) is 0 Å². The summed E-state index contributed by atoms with van der Waals surface area (Å²) in [4.78, 5) is 0. The van der Waals surface area contributed by atoms with E-state index in [2.05, 4.69) is 33.8 Å². The second kappa shape index (κ2) is 4.72. The highest BCUT2D eigenvalue weighted by Crippen LogP contribution is 2.19. The van der Waals surface area contributed by atoms with E-state index < -0.39 is 0 Å². The first-order valence-electron chi connectivity index (χ1n) is 4.29. The Bertz CT molecular complexity index is 102. The predicted molar refractivity (Wildman–Crippen MR) is 52.5 cm³/mol. The molecule has 0 rings (SSSR count). The van der Waals surface area contributed by atoms with Gasteiger partial charge in [-0.25, -0.2) is 0 Å². The van der Waals surface area contributed by atoms with E-state index in [1.54, 1.807) is 5.57 Å². The molecule has 0 nitrogen and oxygen atoms in total. The largest absolute Gasteiger partial charge is 0.0884 e. The SMILES string of the molecule is CC(C)C(=CC[SiH3])C(C)C. The summed E-state index contributed by atoms with van der Waals surface area (Å²) in [7, 11) is 1.30. The van der Waals surface area contributed by atoms with E-state index in [-0.39, 0.29) is 0 Å². The van der Waals surface area contributed by atoms with Crippen molar-refractivity contribution < 1.29 is 0 Å². The molecule has 0 atom stereocenters. The molecule has 0 bridgehead atoms. The Balaban J connectivity index is 4.12. The standard InChI is InChI=1S/C9H20Si/c1-7(2)9(5-6-10)8(3)4/h5,7-8H,6H2,1-4,10H3. The molecule has 0 spiro atoms. The third-order valence-corrected chi connectivity index (χ3v) is 2.18. The van der Waals surface area contributed by atoms with Crippen LogP contribution in [0.5, 0.6) is 0 Å². The molecule has 0 aromatic carbocycles. The van der Waals surface area contributed by atoms with Crippen molar-refractivity contribution in [2.75, 3.05) is 0 Å². The third kappa shape index (κ3) is 3.21. The Morgan fingerprint density at radius 2 is 1.60 bits per heavy atom. The van der Waals surface area contributed by atoms with E-state index in [0.717, 1.165) is 11.8 Å². The van der Waals surface area contributed by atoms with Gasteiger partial charge in [-0.05, 0) is 17.9 Å². The van der Waals surface area contributed by atoms with Crippen LogP contribution in [0, 0.1) is 11.8 Å². The second-order valence-corrected chi connectivity index (χ2v) is 4.24. The van der Waals surface area contributed by atoms with Gasteiger partial charge < -0.3 is 0 Å². The highest BCUT2D eigenvalue weighted by atomic mass is 28.1. The van der Waals surface area contributed by atoms with E-state index >= 15 is 0 Å². The molecule has 0 aliphatic rings. The molecule has 0 saturated heterocycles. The van der Waals surface area contributed by atoms with Crippen LogP contribution in [-0.4, -0.2) is 10.2 Å². The summed E-state index contributed by atoms with van der Waals surface area (Å²) in [6, 6.07) is 1.31. The van der Waals surface area contributed by atoms with Crippen molar-refractivity contribution in [1.29, 1.82) is 0 Å². The van der Waals surface area contributed by atoms with Gasteiger partial charge in [0.1, 0.15) is 0 Å². The topological polar surface area (TPSA) is 0 Å². The fourth-order valence-electron chi connectivity index (χ4n) is 1.37. The van der Waals surface area contributed by atoms with Crippen LogP contribution < -0.4 is 0 Å². The van der Waals surface area contributed by atoms with E-state index in [0.29, 0.717) is 0 Å². The molecule has 10 heavy (non-hydrogen) atoms. The summed E-state index contributed by atoms with van der Waals surface area (Å²) in [5.41, 5.74) is 1.63. The Morgan fingerprint density at radius 1 is 1.20 bits per heavy atom. The van der Waals surface area contributed by atoms with Gasteiger partial charge >= 0.3 is 0 Å². The van der Waals surface area contributed by atoms with Crippen molar-refractivity contribution >= 4 is 10.2 Å². The molecule has 0 aliphatic heterocycles. The van der Waals surface area contributed by atoms with Gasteiger partial charge in [-0.15, -0.1) is 0 Å². The summed E-state index contributed by atoms with van der Waals surface area (Å²) in [5, 5.41) is 0. The fraction of sp³-hybridized carbons (Fsp3) is 0.778. The van der Waals surface area contributed by atoms with Crippen LogP contribution in [-0.2, 0) is 0 Å². The molecule has 0 aromatic rings. The monoisotopic (exact) mass is 156 g/mol. The van der Waals surface area contributed by atoms with Gasteiger partial charge in [0, 0.05) is 10.2 Å². The van der Waals surface area contributed by atoms with Crippen LogP contribution in [0.4, 0.5) is 0 Å². The van der Waals surface area contributed by atoms with Crippen LogP contribution in [0.2, 0.25) is 6.04 Å². The predicted octanol–water partition coefficient (Wildman–Crippen LogP) is 2.01. The van der Waals surface area contributed by atoms with Crippen LogP contribution in [0.3, 0.4) is 0 Å². The van der Waals surface area contributed by atoms with Gasteiger partial charge in [0.05, 0.1) is 0 Å². The highest BCUT2D eigenvalue weighted by Gasteiger charge is 2.05. The zero-order chi connectivity index (χ0) is 8.15. The Hall–Kier alpha value is -0.0431. The lowest BCUT2D eigenvalue weighted by Gasteiger charge is -2.14. The summed E-state index contributed by atoms with van der Waals surface area (Å²) in [6.07, 6.45) is 2.42. The van der Waals surface area contributed by atoms with Crippen LogP contribution >= 0.6 is 0 Å². The first-order chi connectivity index (χ1) is 4.59. The summed E-state index contributed by atoms with van der Waals surface area (Å²) in [6.45, 7) is 9.12. The minimum Gasteiger partial charge on any atom is -0.0884 e. The fourth-order valence-corrected chi connectivity index (χ4v) is 1.85. The van der Waals surface area contributed by atoms with Crippen molar-refractivity contribution in [3.05, 3.63) is 11.6 Å². The first-order valence-corrected chi connectivity index (χ1v) is 5.70. The van der Waals surface area contributed by atoms with Gasteiger partial charge in [0.2, 0.25) is 0 Å². The molecule has 60 valence electrons. The minimum atomic E-state index is 0.744. The van der Waals surface area contributed by atoms with E-state index in [1.165, 1.54) is 16.3 Å². The normalized spacial score (nSPS) is 11.0. The highest BCUT2D eigenvalue weighted by molar-refractivity contribution is 6.09. The Morgan fingerprint density at radius 3 is 1.70 bits per heavy atom. The average Bonchev–Trinajstić information content (AvgIpc) is 1.81. The molecular weight excluding hydrogens is 136 g/mol. The zero-order valence-corrected chi connectivity index (χ0v) is 9.94. The van der Waals surface area contributed by atoms with Gasteiger partial charge in [0.25, 0.3) is 0 Å². The first kappa shape index (κ1) is 9.96. The zero-order valence-electron chi connectivity index (χ0n) is 7.94. The number of allylic oxidation sites excluding steroid dienone is 2. The molecule has 0 heterocycles. The lowest BCUT2D eigenvalue weighted by molar-refractivity contribution is 0.624. The second-order valence-electron chi connectivity index (χ2n) is 3.42. The molecule has 0 aliphatic carbocycles. The number of hydrogen-bond donors (Lipinski definition) is 0. The molecule has 0 N–H and O–H groups in total. The lowest BCUT2D eigenvalue weighted by atomic mass is 9.93. The van der Waals surface area contributed by atoms with Gasteiger partial charge in [-0.1, -0.05) is 39.3 Å². The summed E-state index contributed by atoms with van der Waals surface area (Å²) >= 11 is 0. The molecule has 0 unspecified atom stereocenters. The quantitative estimate of drug-likeness (QED) is 0.433. The summed E-state index contributed by atoms with van der Waals surface area (Å²) in [5.74, 6) is 1.49. The maximum atomic E-state index is 2.42. The average molecular weight is 156 g/mol. The van der Waals surface area contributed by atoms with Crippen LogP contribution in [0.1, 0.15) is 27.7 Å². The Kier molecular flexibility index (Phi) is 4.70. The van der Waals surface area contributed by atoms with Crippen molar-refractivity contribution in [2.45, 2.75) is 33.7 Å². The lowest BCUT2D eigenvalue weighted by Crippen LogP contribution is -2.01. The minimum absolute atomic E-state index is 0.744. The van der Waals surface area contributed by atoms with Gasteiger partial charge in [-0.3, -0.25) is 0 Å². The van der Waals surface area contributed by atoms with E-state index in [1.807, 2.05) is 0 Å². The van der Waals surface area contributed by atoms with Crippen molar-refractivity contribution in [2.24, 2.45) is 11.8 Å². The smallest absolute Gasteiger partial charge is 0.00756 e. The maximum Gasteiger partial charge on any atom is 0.00756 e. The molecule has 0 saturated carbocycles. The molecule has 0 amide bonds. The Labute approximate surface area is 68.1 Å². The van der Waals surface area contributed by atoms with Gasteiger partial charge in [0.15, 0.2) is 0 Å². The van der Waals surface area contributed by atoms with E-state index in [9.17, 15) is 0 Å². The maximum absolute atomic E-state index is 2.42. The van der Waals surface area contributed by atoms with Crippen molar-refractivity contribution in [3.63, 3.8) is 0 Å².